The standard InChI is InChI=1S/C33H18F13NO2/c1-2-17-3-5-18(6-4-17)16-30(20-8-10-27(36)25(14-20)32(42,43)44,21-12-22(34)15-23(13-21)49-33(45,46)29(37)38)47-28(48)19-7-9-26(35)24(11-19)31(39,40)41/h1,3-15,29H,16H2,(H,47,48)/t30-/m0/s1. The molecule has 0 radical (unpaired) electrons. The van der Waals surface area contributed by atoms with Gasteiger partial charge < -0.3 is 10.1 Å². The second-order valence-corrected chi connectivity index (χ2v) is 10.4. The molecule has 0 spiro atoms. The van der Waals surface area contributed by atoms with E-state index in [0.717, 1.165) is 0 Å². The zero-order valence-electron chi connectivity index (χ0n) is 24.1. The molecule has 1 amide bonds. The van der Waals surface area contributed by atoms with Crippen molar-refractivity contribution in [2.75, 3.05) is 0 Å². The molecular formula is C33H18F13NO2. The first-order valence-corrected chi connectivity index (χ1v) is 13.4. The van der Waals surface area contributed by atoms with Crippen LogP contribution in [0.15, 0.2) is 78.9 Å². The topological polar surface area (TPSA) is 38.3 Å². The van der Waals surface area contributed by atoms with E-state index in [9.17, 15) is 57.5 Å². The van der Waals surface area contributed by atoms with Crippen molar-refractivity contribution >= 4 is 5.91 Å². The number of carbonyl (C=O) groups excluding carboxylic acids is 1. The normalized spacial score (nSPS) is 13.5. The summed E-state index contributed by atoms with van der Waals surface area (Å²) in [5.74, 6) is -5.75. The van der Waals surface area contributed by atoms with Gasteiger partial charge in [-0.25, -0.2) is 13.2 Å². The molecule has 16 heteroatoms. The Morgan fingerprint density at radius 1 is 0.735 bits per heavy atom. The van der Waals surface area contributed by atoms with Gasteiger partial charge in [0.1, 0.15) is 23.2 Å². The first-order chi connectivity index (χ1) is 22.7. The minimum atomic E-state index is -5.40. The SMILES string of the molecule is C#Cc1ccc(C[C@@](NC(=O)c2ccc(F)c(C(F)(F)F)c2)(c2cc(F)cc(OC(F)(F)C(F)F)c2)c2ccc(F)c(C(F)(F)F)c2)cc1. The molecule has 1 atom stereocenters. The van der Waals surface area contributed by atoms with Gasteiger partial charge in [-0.3, -0.25) is 4.79 Å². The smallest absolute Gasteiger partial charge is 0.428 e. The minimum absolute atomic E-state index is 0.0527. The van der Waals surface area contributed by atoms with Gasteiger partial charge in [-0.2, -0.15) is 43.9 Å². The number of halogens is 13. The van der Waals surface area contributed by atoms with Gasteiger partial charge in [0.2, 0.25) is 0 Å². The number of amides is 1. The van der Waals surface area contributed by atoms with Gasteiger partial charge in [-0.1, -0.05) is 24.1 Å². The summed E-state index contributed by atoms with van der Waals surface area (Å²) in [4.78, 5) is 13.7. The van der Waals surface area contributed by atoms with Crippen LogP contribution in [0.3, 0.4) is 0 Å². The fraction of sp³-hybridized carbons (Fsp3) is 0.182. The van der Waals surface area contributed by atoms with Gasteiger partial charge in [-0.05, 0) is 71.3 Å². The van der Waals surface area contributed by atoms with Gasteiger partial charge in [0.15, 0.2) is 0 Å². The molecule has 1 N–H and O–H groups in total. The van der Waals surface area contributed by atoms with Gasteiger partial charge in [0.25, 0.3) is 5.91 Å². The van der Waals surface area contributed by atoms with Crippen molar-refractivity contribution in [3.8, 4) is 18.1 Å². The molecule has 4 aromatic rings. The third-order valence-electron chi connectivity index (χ3n) is 7.09. The lowest BCUT2D eigenvalue weighted by Gasteiger charge is -2.37. The monoisotopic (exact) mass is 707 g/mol. The molecule has 0 aliphatic carbocycles. The lowest BCUT2D eigenvalue weighted by Crippen LogP contribution is -2.49. The zero-order chi connectivity index (χ0) is 36.5. The van der Waals surface area contributed by atoms with Crippen LogP contribution < -0.4 is 10.1 Å². The average molecular weight is 707 g/mol. The Morgan fingerprint density at radius 3 is 1.86 bits per heavy atom. The van der Waals surface area contributed by atoms with Crippen molar-refractivity contribution in [3.63, 3.8) is 0 Å². The predicted octanol–water partition coefficient (Wildman–Crippen LogP) is 9.28. The highest BCUT2D eigenvalue weighted by Gasteiger charge is 2.45. The summed E-state index contributed by atoms with van der Waals surface area (Å²) < 4.78 is 183. The molecule has 4 rings (SSSR count). The summed E-state index contributed by atoms with van der Waals surface area (Å²) in [6, 6.07) is 8.32. The number of hydrogen-bond donors (Lipinski definition) is 1. The second kappa shape index (κ2) is 13.4. The second-order valence-electron chi connectivity index (χ2n) is 10.4. The Kier molecular flexibility index (Phi) is 9.99. The van der Waals surface area contributed by atoms with E-state index in [1.165, 1.54) is 24.3 Å². The summed E-state index contributed by atoms with van der Waals surface area (Å²) in [6.45, 7) is 0. The van der Waals surface area contributed by atoms with Gasteiger partial charge in [-0.15, -0.1) is 6.42 Å². The highest BCUT2D eigenvalue weighted by atomic mass is 19.4. The highest BCUT2D eigenvalue weighted by molar-refractivity contribution is 5.95. The fourth-order valence-corrected chi connectivity index (χ4v) is 4.81. The van der Waals surface area contributed by atoms with Gasteiger partial charge in [0, 0.05) is 23.6 Å². The summed E-state index contributed by atoms with van der Waals surface area (Å²) in [6.07, 6.45) is -15.9. The van der Waals surface area contributed by atoms with Crippen LogP contribution in [0, 0.1) is 29.8 Å². The average Bonchev–Trinajstić information content (AvgIpc) is 2.99. The van der Waals surface area contributed by atoms with Crippen LogP contribution in [-0.4, -0.2) is 18.4 Å². The molecule has 0 saturated carbocycles. The molecule has 0 unspecified atom stereocenters. The summed E-state index contributed by atoms with van der Waals surface area (Å²) >= 11 is 0. The van der Waals surface area contributed by atoms with E-state index in [1.54, 1.807) is 0 Å². The minimum Gasteiger partial charge on any atom is -0.428 e. The van der Waals surface area contributed by atoms with E-state index in [2.05, 4.69) is 16.0 Å². The number of carbonyl (C=O) groups is 1. The maximum atomic E-state index is 15.1. The largest absolute Gasteiger partial charge is 0.461 e. The molecule has 0 saturated heterocycles. The van der Waals surface area contributed by atoms with Crippen LogP contribution in [0.1, 0.15) is 43.7 Å². The molecular weight excluding hydrogens is 689 g/mol. The lowest BCUT2D eigenvalue weighted by molar-refractivity contribution is -0.253. The summed E-state index contributed by atoms with van der Waals surface area (Å²) in [5, 5.41) is 2.18. The van der Waals surface area contributed by atoms with Crippen LogP contribution in [0.4, 0.5) is 57.1 Å². The van der Waals surface area contributed by atoms with Crippen molar-refractivity contribution < 1.29 is 66.6 Å². The van der Waals surface area contributed by atoms with Crippen LogP contribution >= 0.6 is 0 Å². The van der Waals surface area contributed by atoms with Crippen molar-refractivity contribution in [1.82, 2.24) is 5.32 Å². The van der Waals surface area contributed by atoms with E-state index >= 15 is 4.39 Å². The Morgan fingerprint density at radius 2 is 1.31 bits per heavy atom. The molecule has 49 heavy (non-hydrogen) atoms. The summed E-state index contributed by atoms with van der Waals surface area (Å²) in [5.41, 5.74) is -8.67. The highest BCUT2D eigenvalue weighted by Crippen LogP contribution is 2.41. The lowest BCUT2D eigenvalue weighted by atomic mass is 9.76. The maximum Gasteiger partial charge on any atom is 0.461 e. The Labute approximate surface area is 268 Å². The summed E-state index contributed by atoms with van der Waals surface area (Å²) in [7, 11) is 0. The molecule has 4 aromatic carbocycles. The quantitative estimate of drug-likeness (QED) is 0.139. The first kappa shape index (κ1) is 36.6. The number of hydrogen-bond acceptors (Lipinski definition) is 2. The molecule has 0 fully saturated rings. The molecule has 3 nitrogen and oxygen atoms in total. The van der Waals surface area contributed by atoms with E-state index < -0.39 is 93.8 Å². The number of alkyl halides is 10. The number of terminal acetylenes is 1. The van der Waals surface area contributed by atoms with Crippen LogP contribution in [-0.2, 0) is 24.3 Å². The molecule has 0 heterocycles. The number of benzene rings is 4. The Balaban J connectivity index is 2.07. The fourth-order valence-electron chi connectivity index (χ4n) is 4.81. The number of ether oxygens (including phenoxy) is 1. The van der Waals surface area contributed by atoms with Crippen LogP contribution in [0.2, 0.25) is 0 Å². The van der Waals surface area contributed by atoms with Crippen LogP contribution in [0.25, 0.3) is 0 Å². The number of rotatable bonds is 9. The molecule has 0 bridgehead atoms. The van der Waals surface area contributed by atoms with Crippen molar-refractivity contribution in [3.05, 3.63) is 135 Å². The maximum absolute atomic E-state index is 15.1. The van der Waals surface area contributed by atoms with Crippen LogP contribution in [0.5, 0.6) is 5.75 Å². The van der Waals surface area contributed by atoms with E-state index in [-0.39, 0.29) is 35.4 Å². The molecule has 0 aromatic heterocycles. The van der Waals surface area contributed by atoms with E-state index in [1.807, 2.05) is 0 Å². The molecule has 0 aliphatic heterocycles. The van der Waals surface area contributed by atoms with Crippen molar-refractivity contribution in [2.45, 2.75) is 36.8 Å². The molecule has 0 aliphatic rings. The zero-order valence-corrected chi connectivity index (χ0v) is 24.1. The van der Waals surface area contributed by atoms with E-state index in [4.69, 9.17) is 6.42 Å². The third kappa shape index (κ3) is 8.10. The van der Waals surface area contributed by atoms with Crippen molar-refractivity contribution in [1.29, 1.82) is 0 Å². The number of nitrogens with one attached hydrogen (secondary N) is 1. The van der Waals surface area contributed by atoms with E-state index in [0.29, 0.717) is 30.3 Å². The van der Waals surface area contributed by atoms with Gasteiger partial charge >= 0.3 is 24.9 Å². The predicted molar refractivity (Wildman–Crippen MR) is 147 cm³/mol. The first-order valence-electron chi connectivity index (χ1n) is 13.4. The molecule has 258 valence electrons. The third-order valence-corrected chi connectivity index (χ3v) is 7.09. The Hall–Kier alpha value is -5.20. The van der Waals surface area contributed by atoms with Crippen molar-refractivity contribution in [2.24, 2.45) is 0 Å². The Bertz CT molecular complexity index is 1890. The van der Waals surface area contributed by atoms with Gasteiger partial charge in [0.05, 0.1) is 16.7 Å².